The van der Waals surface area contributed by atoms with Gasteiger partial charge in [-0.3, -0.25) is 24.1 Å². The van der Waals surface area contributed by atoms with Gasteiger partial charge in [0.15, 0.2) is 6.61 Å². The average Bonchev–Trinajstić information content (AvgIpc) is 3.32. The Labute approximate surface area is 203 Å². The van der Waals surface area contributed by atoms with Gasteiger partial charge in [0.2, 0.25) is 17.6 Å². The van der Waals surface area contributed by atoms with Crippen LogP contribution in [-0.4, -0.2) is 46.2 Å². The van der Waals surface area contributed by atoms with E-state index < -0.39 is 12.6 Å². The number of para-hydroxylation sites is 1. The van der Waals surface area contributed by atoms with Crippen molar-refractivity contribution in [3.8, 4) is 11.3 Å². The second-order valence-electron chi connectivity index (χ2n) is 8.98. The highest BCUT2D eigenvalue weighted by molar-refractivity contribution is 6.14. The van der Waals surface area contributed by atoms with Crippen LogP contribution in [0.4, 0.5) is 0 Å². The van der Waals surface area contributed by atoms with E-state index in [4.69, 9.17) is 4.74 Å². The van der Waals surface area contributed by atoms with Crippen LogP contribution in [-0.2, 0) is 26.2 Å². The minimum atomic E-state index is -0.617. The molecule has 0 radical (unpaired) electrons. The van der Waals surface area contributed by atoms with Crippen molar-refractivity contribution in [2.45, 2.75) is 19.3 Å². The van der Waals surface area contributed by atoms with Crippen LogP contribution in [0.15, 0.2) is 66.7 Å². The van der Waals surface area contributed by atoms with Crippen molar-refractivity contribution in [2.24, 2.45) is 18.9 Å². The highest BCUT2D eigenvalue weighted by Gasteiger charge is 2.47. The number of hydrogen-bond donors (Lipinski definition) is 0. The van der Waals surface area contributed by atoms with Crippen molar-refractivity contribution in [2.75, 3.05) is 13.2 Å². The van der Waals surface area contributed by atoms with Crippen molar-refractivity contribution in [3.63, 3.8) is 0 Å². The Balaban J connectivity index is 1.28. The molecule has 0 unspecified atom stereocenters. The fraction of sp³-hybridized carbons (Fsp3) is 0.286. The zero-order valence-electron chi connectivity index (χ0n) is 19.5. The number of fused-ring (bicyclic) bond motifs is 2. The molecule has 7 nitrogen and oxygen atoms in total. The fourth-order valence-electron chi connectivity index (χ4n) is 5.19. The number of benzene rings is 2. The number of imide groups is 1. The van der Waals surface area contributed by atoms with Gasteiger partial charge in [-0.25, -0.2) is 0 Å². The molecule has 0 saturated carbocycles. The molecule has 2 heterocycles. The van der Waals surface area contributed by atoms with Crippen molar-refractivity contribution in [1.82, 2.24) is 9.47 Å². The molecule has 1 saturated heterocycles. The average molecular weight is 471 g/mol. The first-order valence-corrected chi connectivity index (χ1v) is 11.8. The lowest BCUT2D eigenvalue weighted by atomic mass is 9.85. The van der Waals surface area contributed by atoms with E-state index in [1.807, 2.05) is 78.4 Å². The SMILES string of the molecule is Cn1c(-c2ccccc2)c(C(=O)COC(=O)CCN2C(=O)[C@@H]3CC=CC[C@H]3C2=O)c2ccccc21. The second-order valence-corrected chi connectivity index (χ2v) is 8.98. The fourth-order valence-corrected chi connectivity index (χ4v) is 5.19. The minimum Gasteiger partial charge on any atom is -0.457 e. The largest absolute Gasteiger partial charge is 0.457 e. The molecule has 1 aliphatic carbocycles. The number of ether oxygens (including phenoxy) is 1. The molecule has 0 spiro atoms. The summed E-state index contributed by atoms with van der Waals surface area (Å²) in [6.45, 7) is -0.440. The molecule has 5 rings (SSSR count). The number of esters is 1. The number of hydrogen-bond acceptors (Lipinski definition) is 5. The Morgan fingerprint density at radius 1 is 0.914 bits per heavy atom. The number of rotatable bonds is 7. The number of carbonyl (C=O) groups is 4. The van der Waals surface area contributed by atoms with E-state index >= 15 is 0 Å². The van der Waals surface area contributed by atoms with Crippen LogP contribution in [0.1, 0.15) is 29.6 Å². The molecule has 2 atom stereocenters. The van der Waals surface area contributed by atoms with Crippen LogP contribution in [0.5, 0.6) is 0 Å². The first-order valence-electron chi connectivity index (χ1n) is 11.8. The monoisotopic (exact) mass is 470 g/mol. The third kappa shape index (κ3) is 4.07. The highest BCUT2D eigenvalue weighted by atomic mass is 16.5. The van der Waals surface area contributed by atoms with Gasteiger partial charge in [-0.2, -0.15) is 0 Å². The Morgan fingerprint density at radius 2 is 1.54 bits per heavy atom. The van der Waals surface area contributed by atoms with Crippen LogP contribution in [0.2, 0.25) is 0 Å². The Hall–Kier alpha value is -4.00. The lowest BCUT2D eigenvalue weighted by Gasteiger charge is -2.14. The summed E-state index contributed by atoms with van der Waals surface area (Å²) in [5, 5.41) is 0.791. The number of ketones is 1. The lowest BCUT2D eigenvalue weighted by molar-refractivity contribution is -0.145. The topological polar surface area (TPSA) is 85.7 Å². The predicted octanol–water partition coefficient (Wildman–Crippen LogP) is 3.91. The molecule has 7 heteroatoms. The molecule has 2 amide bonds. The quantitative estimate of drug-likeness (QED) is 0.226. The number of carbonyl (C=O) groups excluding carboxylic acids is 4. The van der Waals surface area contributed by atoms with Gasteiger partial charge in [-0.05, 0) is 24.5 Å². The van der Waals surface area contributed by atoms with Gasteiger partial charge >= 0.3 is 5.97 Å². The summed E-state index contributed by atoms with van der Waals surface area (Å²) in [4.78, 5) is 52.1. The van der Waals surface area contributed by atoms with E-state index in [0.717, 1.165) is 22.2 Å². The second kappa shape index (κ2) is 9.33. The van der Waals surface area contributed by atoms with Gasteiger partial charge in [-0.1, -0.05) is 60.7 Å². The smallest absolute Gasteiger partial charge is 0.308 e. The maximum atomic E-state index is 13.3. The molecule has 0 N–H and O–H groups in total. The summed E-state index contributed by atoms with van der Waals surface area (Å²) < 4.78 is 7.27. The van der Waals surface area contributed by atoms with E-state index in [2.05, 4.69) is 0 Å². The molecule has 35 heavy (non-hydrogen) atoms. The molecular formula is C28H26N2O5. The molecule has 2 aliphatic rings. The van der Waals surface area contributed by atoms with Crippen molar-refractivity contribution in [3.05, 3.63) is 72.3 Å². The van der Waals surface area contributed by atoms with Gasteiger partial charge in [0.05, 0.1) is 29.5 Å². The number of aromatic nitrogens is 1. The van der Waals surface area contributed by atoms with Crippen molar-refractivity contribution >= 4 is 34.5 Å². The summed E-state index contributed by atoms with van der Waals surface area (Å²) in [5.41, 5.74) is 3.06. The van der Waals surface area contributed by atoms with E-state index in [1.54, 1.807) is 0 Å². The Kier molecular flexibility index (Phi) is 6.07. The Morgan fingerprint density at radius 3 is 2.23 bits per heavy atom. The van der Waals surface area contributed by atoms with E-state index in [9.17, 15) is 19.2 Å². The van der Waals surface area contributed by atoms with Gasteiger partial charge in [0.25, 0.3) is 0 Å². The first-order chi connectivity index (χ1) is 17.0. The molecule has 178 valence electrons. The van der Waals surface area contributed by atoms with Crippen LogP contribution >= 0.6 is 0 Å². The van der Waals surface area contributed by atoms with E-state index in [-0.39, 0.29) is 42.4 Å². The summed E-state index contributed by atoms with van der Waals surface area (Å²) >= 11 is 0. The number of nitrogens with zero attached hydrogens (tertiary/aromatic N) is 2. The first kappa shape index (κ1) is 22.8. The van der Waals surface area contributed by atoms with E-state index in [1.165, 1.54) is 4.90 Å². The maximum absolute atomic E-state index is 13.3. The third-order valence-corrected chi connectivity index (χ3v) is 6.94. The Bertz CT molecular complexity index is 1330. The summed E-state index contributed by atoms with van der Waals surface area (Å²) in [5.74, 6) is -2.03. The normalized spacial score (nSPS) is 19.3. The van der Waals surface area contributed by atoms with E-state index in [0.29, 0.717) is 18.4 Å². The molecule has 1 aromatic heterocycles. The summed E-state index contributed by atoms with van der Waals surface area (Å²) in [7, 11) is 1.91. The predicted molar refractivity (Wildman–Crippen MR) is 130 cm³/mol. The van der Waals surface area contributed by atoms with Gasteiger partial charge in [0.1, 0.15) is 0 Å². The van der Waals surface area contributed by atoms with Crippen molar-refractivity contribution < 1.29 is 23.9 Å². The lowest BCUT2D eigenvalue weighted by Crippen LogP contribution is -2.33. The van der Waals surface area contributed by atoms with Crippen LogP contribution < -0.4 is 0 Å². The standard InChI is InChI=1S/C28H26N2O5/c1-29-22-14-8-7-13-21(22)25(26(29)18-9-3-2-4-10-18)23(31)17-35-24(32)15-16-30-27(33)19-11-5-6-12-20(19)28(30)34/h2-10,13-14,19-20H,11-12,15-17H2,1H3/t19-,20-/m1/s1. The van der Waals surface area contributed by atoms with Crippen LogP contribution in [0.25, 0.3) is 22.2 Å². The molecule has 1 aliphatic heterocycles. The number of amides is 2. The number of Topliss-reactive ketones (excluding diaryl/α,β-unsaturated/α-hetero) is 1. The summed E-state index contributed by atoms with van der Waals surface area (Å²) in [6, 6.07) is 17.2. The molecule has 1 fully saturated rings. The highest BCUT2D eigenvalue weighted by Crippen LogP contribution is 2.35. The third-order valence-electron chi connectivity index (χ3n) is 6.94. The molecule has 0 bridgehead atoms. The van der Waals surface area contributed by atoms with Crippen LogP contribution in [0, 0.1) is 11.8 Å². The zero-order valence-corrected chi connectivity index (χ0v) is 19.5. The molecule has 3 aromatic rings. The van der Waals surface area contributed by atoms with Crippen LogP contribution in [0.3, 0.4) is 0 Å². The van der Waals surface area contributed by atoms with Gasteiger partial charge in [-0.15, -0.1) is 0 Å². The number of likely N-dealkylation sites (tertiary alicyclic amines) is 1. The van der Waals surface area contributed by atoms with Gasteiger partial charge in [0, 0.05) is 24.5 Å². The minimum absolute atomic E-state index is 0.0266. The zero-order chi connectivity index (χ0) is 24.5. The molecular weight excluding hydrogens is 444 g/mol. The molecule has 2 aromatic carbocycles. The van der Waals surface area contributed by atoms with Crippen molar-refractivity contribution in [1.29, 1.82) is 0 Å². The number of allylic oxidation sites excluding steroid dienone is 2. The maximum Gasteiger partial charge on any atom is 0.308 e. The van der Waals surface area contributed by atoms with Gasteiger partial charge < -0.3 is 9.30 Å². The summed E-state index contributed by atoms with van der Waals surface area (Å²) in [6.07, 6.45) is 4.82. The number of aryl methyl sites for hydroxylation is 1.